The number of aliphatic hydroxyl groups excluding tert-OH is 1. The van der Waals surface area contributed by atoms with E-state index in [1.165, 1.54) is 12.5 Å². The molecule has 1 aliphatic carbocycles. The highest BCUT2D eigenvalue weighted by atomic mass is 19.1. The largest absolute Gasteiger partial charge is 0.393 e. The molecular weight excluding hydrogens is 463 g/mol. The number of nitrogens with zero attached hydrogens (tertiary/aromatic N) is 1. The molecule has 7 heteroatoms. The van der Waals surface area contributed by atoms with Gasteiger partial charge in [-0.1, -0.05) is 31.2 Å². The summed E-state index contributed by atoms with van der Waals surface area (Å²) in [4.78, 5) is 5.72. The molecule has 2 aromatic carbocycles. The second-order valence-corrected chi connectivity index (χ2v) is 11.0. The summed E-state index contributed by atoms with van der Waals surface area (Å²) in [7, 11) is 0. The summed E-state index contributed by atoms with van der Waals surface area (Å²) in [5.41, 5.74) is 2.66. The molecule has 0 bridgehead atoms. The molecule has 36 heavy (non-hydrogen) atoms. The number of alkyl halides is 2. The van der Waals surface area contributed by atoms with Gasteiger partial charge in [0.25, 0.3) is 0 Å². The monoisotopic (exact) mass is 499 g/mol. The van der Waals surface area contributed by atoms with E-state index < -0.39 is 12.3 Å². The van der Waals surface area contributed by atoms with Crippen LogP contribution in [0.25, 0.3) is 10.9 Å². The fourth-order valence-corrected chi connectivity index (χ4v) is 6.22. The summed E-state index contributed by atoms with van der Waals surface area (Å²) in [6.45, 7) is 5.06. The molecule has 5 rings (SSSR count). The first-order valence-electron chi connectivity index (χ1n) is 13.0. The smallest absolute Gasteiger partial charge is 0.131 e. The number of aromatic nitrogens is 1. The van der Waals surface area contributed by atoms with Gasteiger partial charge in [-0.25, -0.2) is 8.78 Å². The third-order valence-corrected chi connectivity index (χ3v) is 8.11. The zero-order chi connectivity index (χ0) is 25.4. The molecule has 0 amide bonds. The average Bonchev–Trinajstić information content (AvgIpc) is 3.19. The van der Waals surface area contributed by atoms with Gasteiger partial charge in [-0.15, -0.1) is 0 Å². The Kier molecular flexibility index (Phi) is 7.05. The molecule has 194 valence electrons. The van der Waals surface area contributed by atoms with Crippen molar-refractivity contribution in [1.29, 1.82) is 0 Å². The first-order valence-corrected chi connectivity index (χ1v) is 13.0. The Bertz CT molecular complexity index is 1200. The van der Waals surface area contributed by atoms with Crippen molar-refractivity contribution in [1.82, 2.24) is 9.88 Å². The molecule has 3 N–H and O–H groups in total. The predicted octanol–water partition coefficient (Wildman–Crippen LogP) is 5.81. The summed E-state index contributed by atoms with van der Waals surface area (Å²) >= 11 is 0. The van der Waals surface area contributed by atoms with Gasteiger partial charge >= 0.3 is 0 Å². The Morgan fingerprint density at radius 1 is 1.19 bits per heavy atom. The molecule has 4 atom stereocenters. The van der Waals surface area contributed by atoms with Gasteiger partial charge in [0.05, 0.1) is 19.3 Å². The summed E-state index contributed by atoms with van der Waals surface area (Å²) in [6, 6.07) is 13.6. The Morgan fingerprint density at radius 2 is 1.97 bits per heavy atom. The fraction of sp³-hybridized carbons (Fsp3) is 0.517. The molecule has 0 saturated carbocycles. The molecule has 3 aromatic rings. The molecular formula is C29H36F3N3O. The van der Waals surface area contributed by atoms with E-state index in [4.69, 9.17) is 0 Å². The molecule has 4 nitrogen and oxygen atoms in total. The first kappa shape index (κ1) is 25.2. The van der Waals surface area contributed by atoms with E-state index in [9.17, 15) is 9.50 Å². The summed E-state index contributed by atoms with van der Waals surface area (Å²) in [5.74, 6) is -0.707. The zero-order valence-corrected chi connectivity index (χ0v) is 21.0. The Morgan fingerprint density at radius 3 is 2.69 bits per heavy atom. The molecule has 1 unspecified atom stereocenters. The van der Waals surface area contributed by atoms with Crippen molar-refractivity contribution in [2.75, 3.05) is 38.2 Å². The van der Waals surface area contributed by atoms with Crippen LogP contribution in [0.1, 0.15) is 49.4 Å². The standard InChI is InChI=1S/C29H36F3N3O/c1-18-12-23-21-6-3-4-7-26(21)34-28(23)27(24(18)14-29(2,32)17-36)22-9-8-19(13-25(22)31)33-20-15-35(16-20)11-5-10-30/h3-4,6-9,13,18,20,24,27,33-34,36H,5,10-12,14-17H2,1-2H3/t18-,24?,27+,29+/m1/s1. The zero-order valence-electron chi connectivity index (χ0n) is 21.0. The Hall–Kier alpha value is -2.51. The van der Waals surface area contributed by atoms with Crippen LogP contribution >= 0.6 is 0 Å². The lowest BCUT2D eigenvalue weighted by atomic mass is 9.66. The number of hydrogen-bond donors (Lipinski definition) is 3. The quantitative estimate of drug-likeness (QED) is 0.348. The summed E-state index contributed by atoms with van der Waals surface area (Å²) < 4.78 is 43.3. The maximum atomic E-state index is 15.8. The number of hydrogen-bond acceptors (Lipinski definition) is 3. The van der Waals surface area contributed by atoms with Crippen LogP contribution in [0.5, 0.6) is 0 Å². The summed E-state index contributed by atoms with van der Waals surface area (Å²) in [6.07, 6.45) is 1.48. The van der Waals surface area contributed by atoms with Gasteiger partial charge in [-0.3, -0.25) is 9.29 Å². The number of aromatic amines is 1. The van der Waals surface area contributed by atoms with Crippen molar-refractivity contribution >= 4 is 16.6 Å². The van der Waals surface area contributed by atoms with Crippen LogP contribution in [0.2, 0.25) is 0 Å². The number of fused-ring (bicyclic) bond motifs is 3. The number of rotatable bonds is 9. The molecule has 1 saturated heterocycles. The molecule has 0 spiro atoms. The highest BCUT2D eigenvalue weighted by Crippen LogP contribution is 2.49. The Labute approximate surface area is 210 Å². The van der Waals surface area contributed by atoms with Gasteiger partial charge < -0.3 is 15.4 Å². The minimum Gasteiger partial charge on any atom is -0.393 e. The topological polar surface area (TPSA) is 51.3 Å². The van der Waals surface area contributed by atoms with E-state index in [-0.39, 0.29) is 42.7 Å². The van der Waals surface area contributed by atoms with Crippen LogP contribution in [0.3, 0.4) is 0 Å². The van der Waals surface area contributed by atoms with Gasteiger partial charge in [0, 0.05) is 47.8 Å². The number of aliphatic hydroxyl groups is 1. The number of anilines is 1. The van der Waals surface area contributed by atoms with Crippen molar-refractivity contribution in [3.63, 3.8) is 0 Å². The van der Waals surface area contributed by atoms with Gasteiger partial charge in [-0.05, 0) is 67.3 Å². The molecule has 1 aromatic heterocycles. The number of H-pyrrole nitrogens is 1. The minimum atomic E-state index is -1.74. The molecule has 0 radical (unpaired) electrons. The van der Waals surface area contributed by atoms with Gasteiger partial charge in [-0.2, -0.15) is 0 Å². The fourth-order valence-electron chi connectivity index (χ4n) is 6.22. The van der Waals surface area contributed by atoms with Crippen molar-refractivity contribution in [2.24, 2.45) is 11.8 Å². The second kappa shape index (κ2) is 10.1. The number of benzene rings is 2. The van der Waals surface area contributed by atoms with E-state index in [2.05, 4.69) is 28.2 Å². The molecule has 2 heterocycles. The van der Waals surface area contributed by atoms with E-state index >= 15 is 8.78 Å². The van der Waals surface area contributed by atoms with Crippen molar-refractivity contribution < 1.29 is 18.3 Å². The van der Waals surface area contributed by atoms with E-state index in [0.29, 0.717) is 17.7 Å². The SMILES string of the molecule is C[C@@H]1Cc2c([nH]c3ccccc23)[C@@H](c2ccc(NC3CN(CCCF)C3)cc2F)C1C[C@](C)(F)CO. The third kappa shape index (κ3) is 4.88. The molecule has 2 aliphatic rings. The van der Waals surface area contributed by atoms with Crippen LogP contribution in [0, 0.1) is 17.7 Å². The van der Waals surface area contributed by atoms with Crippen molar-refractivity contribution in [2.45, 2.75) is 50.7 Å². The van der Waals surface area contributed by atoms with Gasteiger partial charge in [0.2, 0.25) is 0 Å². The number of halogens is 3. The molecule has 1 fully saturated rings. The highest BCUT2D eigenvalue weighted by Gasteiger charge is 2.42. The van der Waals surface area contributed by atoms with Gasteiger partial charge in [0.1, 0.15) is 11.5 Å². The lowest BCUT2D eigenvalue weighted by Gasteiger charge is -2.40. The lowest BCUT2D eigenvalue weighted by molar-refractivity contribution is 0.0479. The van der Waals surface area contributed by atoms with E-state index in [1.54, 1.807) is 6.07 Å². The highest BCUT2D eigenvalue weighted by molar-refractivity contribution is 5.85. The lowest BCUT2D eigenvalue weighted by Crippen LogP contribution is -2.54. The van der Waals surface area contributed by atoms with Crippen LogP contribution in [0.4, 0.5) is 18.9 Å². The maximum absolute atomic E-state index is 15.8. The predicted molar refractivity (Wildman–Crippen MR) is 139 cm³/mol. The van der Waals surface area contributed by atoms with Crippen molar-refractivity contribution in [3.05, 3.63) is 65.1 Å². The van der Waals surface area contributed by atoms with Crippen LogP contribution in [-0.4, -0.2) is 59.6 Å². The van der Waals surface area contributed by atoms with E-state index in [1.807, 2.05) is 30.3 Å². The second-order valence-electron chi connectivity index (χ2n) is 11.0. The number of nitrogens with one attached hydrogen (secondary N) is 2. The summed E-state index contributed by atoms with van der Waals surface area (Å²) in [5, 5.41) is 14.2. The molecule has 1 aliphatic heterocycles. The van der Waals surface area contributed by atoms with Crippen LogP contribution in [0.15, 0.2) is 42.5 Å². The van der Waals surface area contributed by atoms with Crippen LogP contribution in [-0.2, 0) is 6.42 Å². The number of likely N-dealkylation sites (tertiary alicyclic amines) is 1. The van der Waals surface area contributed by atoms with Gasteiger partial charge in [0.15, 0.2) is 0 Å². The Balaban J connectivity index is 1.46. The first-order chi connectivity index (χ1) is 17.3. The van der Waals surface area contributed by atoms with E-state index in [0.717, 1.165) is 42.7 Å². The normalized spacial score (nSPS) is 24.3. The van der Waals surface area contributed by atoms with Crippen LogP contribution < -0.4 is 5.32 Å². The van der Waals surface area contributed by atoms with Crippen molar-refractivity contribution in [3.8, 4) is 0 Å². The minimum absolute atomic E-state index is 0.116. The third-order valence-electron chi connectivity index (χ3n) is 8.11. The maximum Gasteiger partial charge on any atom is 0.131 e. The average molecular weight is 500 g/mol. The number of para-hydroxylation sites is 1.